The summed E-state index contributed by atoms with van der Waals surface area (Å²) in [5, 5.41) is 9.14. The van der Waals surface area contributed by atoms with E-state index in [-0.39, 0.29) is 18.4 Å². The Hall–Kier alpha value is -2.04. The number of hydrogen-bond acceptors (Lipinski definition) is 3. The maximum absolute atomic E-state index is 12.1. The summed E-state index contributed by atoms with van der Waals surface area (Å²) < 4.78 is 0. The summed E-state index contributed by atoms with van der Waals surface area (Å²) in [4.78, 5) is 23.6. The van der Waals surface area contributed by atoms with Crippen LogP contribution in [0.15, 0.2) is 18.2 Å². The highest BCUT2D eigenvalue weighted by molar-refractivity contribution is 5.92. The normalized spacial score (nSPS) is 15.0. The topological polar surface area (TPSA) is 70.2 Å². The second-order valence-electron chi connectivity index (χ2n) is 6.14. The molecule has 0 aliphatic heterocycles. The summed E-state index contributed by atoms with van der Waals surface area (Å²) in [7, 11) is 0. The van der Waals surface area contributed by atoms with E-state index in [4.69, 9.17) is 0 Å². The van der Waals surface area contributed by atoms with Gasteiger partial charge in [-0.25, -0.2) is 0 Å². The van der Waals surface area contributed by atoms with Crippen molar-refractivity contribution in [2.75, 3.05) is 17.2 Å². The molecular formula is C18H27N3O2. The summed E-state index contributed by atoms with van der Waals surface area (Å²) in [5.41, 5.74) is 2.60. The first-order chi connectivity index (χ1) is 11.1. The predicted octanol–water partition coefficient (Wildman–Crippen LogP) is 3.20. The number of anilines is 2. The molecule has 5 nitrogen and oxygen atoms in total. The molecule has 0 heterocycles. The van der Waals surface area contributed by atoms with Crippen molar-refractivity contribution in [2.24, 2.45) is 0 Å². The van der Waals surface area contributed by atoms with E-state index in [0.29, 0.717) is 12.5 Å². The fourth-order valence-corrected chi connectivity index (χ4v) is 2.90. The predicted molar refractivity (Wildman–Crippen MR) is 93.6 cm³/mol. The van der Waals surface area contributed by atoms with Gasteiger partial charge in [0.15, 0.2) is 0 Å². The Balaban J connectivity index is 1.88. The molecule has 1 aromatic rings. The van der Waals surface area contributed by atoms with Crippen LogP contribution in [0.25, 0.3) is 0 Å². The van der Waals surface area contributed by atoms with Crippen LogP contribution >= 0.6 is 0 Å². The van der Waals surface area contributed by atoms with E-state index in [9.17, 15) is 9.59 Å². The highest BCUT2D eigenvalue weighted by atomic mass is 16.2. The average Bonchev–Trinajstić information content (AvgIpc) is 2.56. The van der Waals surface area contributed by atoms with E-state index >= 15 is 0 Å². The zero-order chi connectivity index (χ0) is 16.7. The third-order valence-electron chi connectivity index (χ3n) is 4.34. The van der Waals surface area contributed by atoms with Crippen molar-refractivity contribution in [1.82, 2.24) is 5.32 Å². The molecular weight excluding hydrogens is 290 g/mol. The Bertz CT molecular complexity index is 551. The summed E-state index contributed by atoms with van der Waals surface area (Å²) in [6.07, 6.45) is 6.31. The molecule has 1 aliphatic rings. The van der Waals surface area contributed by atoms with Crippen LogP contribution in [0.3, 0.4) is 0 Å². The summed E-state index contributed by atoms with van der Waals surface area (Å²) in [6.45, 7) is 4.01. The first kappa shape index (κ1) is 17.3. The number of carbonyl (C=O) groups excluding carboxylic acids is 2. The van der Waals surface area contributed by atoms with Gasteiger partial charge < -0.3 is 16.0 Å². The molecule has 5 heteroatoms. The smallest absolute Gasteiger partial charge is 0.239 e. The van der Waals surface area contributed by atoms with E-state index in [1.807, 2.05) is 32.0 Å². The van der Waals surface area contributed by atoms with Crippen molar-refractivity contribution in [3.63, 3.8) is 0 Å². The number of carbonyl (C=O) groups is 2. The SMILES string of the molecule is CCC(=O)Nc1cccc(NCC(=O)NC2CCCCC2)c1C. The molecule has 23 heavy (non-hydrogen) atoms. The molecule has 3 N–H and O–H groups in total. The van der Waals surface area contributed by atoms with E-state index < -0.39 is 0 Å². The number of rotatable bonds is 6. The van der Waals surface area contributed by atoms with Gasteiger partial charge >= 0.3 is 0 Å². The lowest BCUT2D eigenvalue weighted by atomic mass is 9.95. The van der Waals surface area contributed by atoms with Gasteiger partial charge in [-0.1, -0.05) is 32.3 Å². The van der Waals surface area contributed by atoms with Crippen molar-refractivity contribution in [1.29, 1.82) is 0 Å². The Labute approximate surface area is 138 Å². The summed E-state index contributed by atoms with van der Waals surface area (Å²) in [5.74, 6) is 0.0135. The van der Waals surface area contributed by atoms with Crippen molar-refractivity contribution >= 4 is 23.2 Å². The molecule has 1 aromatic carbocycles. The molecule has 2 rings (SSSR count). The molecule has 126 valence electrons. The monoisotopic (exact) mass is 317 g/mol. The third kappa shape index (κ3) is 5.27. The molecule has 0 aromatic heterocycles. The minimum Gasteiger partial charge on any atom is -0.376 e. The number of benzene rings is 1. The first-order valence-corrected chi connectivity index (χ1v) is 8.53. The van der Waals surface area contributed by atoms with Gasteiger partial charge in [0.05, 0.1) is 6.54 Å². The standard InChI is InChI=1S/C18H27N3O2/c1-3-17(22)21-16-11-7-10-15(13(16)2)19-12-18(23)20-14-8-5-4-6-9-14/h7,10-11,14,19H,3-6,8-9,12H2,1-2H3,(H,20,23)(H,21,22). The van der Waals surface area contributed by atoms with E-state index in [1.165, 1.54) is 19.3 Å². The fourth-order valence-electron chi connectivity index (χ4n) is 2.90. The second kappa shape index (κ2) is 8.56. The number of hydrogen-bond donors (Lipinski definition) is 3. The quantitative estimate of drug-likeness (QED) is 0.754. The lowest BCUT2D eigenvalue weighted by Gasteiger charge is -2.23. The van der Waals surface area contributed by atoms with Gasteiger partial charge in [-0.3, -0.25) is 9.59 Å². The van der Waals surface area contributed by atoms with Crippen LogP contribution in [0.2, 0.25) is 0 Å². The van der Waals surface area contributed by atoms with Crippen molar-refractivity contribution in [3.05, 3.63) is 23.8 Å². The lowest BCUT2D eigenvalue weighted by molar-refractivity contribution is -0.120. The molecule has 0 unspecified atom stereocenters. The van der Waals surface area contributed by atoms with E-state index in [2.05, 4.69) is 16.0 Å². The Kier molecular flexibility index (Phi) is 6.44. The summed E-state index contributed by atoms with van der Waals surface area (Å²) in [6, 6.07) is 6.00. The van der Waals surface area contributed by atoms with Crippen LogP contribution in [0, 0.1) is 6.92 Å². The number of amides is 2. The van der Waals surface area contributed by atoms with Crippen molar-refractivity contribution in [3.8, 4) is 0 Å². The first-order valence-electron chi connectivity index (χ1n) is 8.53. The van der Waals surface area contributed by atoms with Crippen molar-refractivity contribution < 1.29 is 9.59 Å². The molecule has 1 fully saturated rings. The Morgan fingerprint density at radius 3 is 2.48 bits per heavy atom. The van der Waals surface area contributed by atoms with Crippen LogP contribution in [0.4, 0.5) is 11.4 Å². The van der Waals surface area contributed by atoms with E-state index in [0.717, 1.165) is 29.8 Å². The van der Waals surface area contributed by atoms with Gasteiger partial charge in [-0.2, -0.15) is 0 Å². The zero-order valence-electron chi connectivity index (χ0n) is 14.1. The van der Waals surface area contributed by atoms with Gasteiger partial charge in [0.2, 0.25) is 11.8 Å². The third-order valence-corrected chi connectivity index (χ3v) is 4.34. The molecule has 0 radical (unpaired) electrons. The molecule has 1 aliphatic carbocycles. The van der Waals surface area contributed by atoms with Crippen molar-refractivity contribution in [2.45, 2.75) is 58.4 Å². The Morgan fingerprint density at radius 2 is 1.78 bits per heavy atom. The molecule has 0 bridgehead atoms. The van der Waals surface area contributed by atoms with E-state index in [1.54, 1.807) is 0 Å². The Morgan fingerprint density at radius 1 is 1.09 bits per heavy atom. The van der Waals surface area contributed by atoms with Crippen LogP contribution in [0.5, 0.6) is 0 Å². The molecule has 0 atom stereocenters. The molecule has 0 spiro atoms. The maximum atomic E-state index is 12.1. The second-order valence-corrected chi connectivity index (χ2v) is 6.14. The minimum absolute atomic E-state index is 0.0136. The summed E-state index contributed by atoms with van der Waals surface area (Å²) >= 11 is 0. The van der Waals surface area contributed by atoms with Gasteiger partial charge in [-0.05, 0) is 37.5 Å². The number of nitrogens with one attached hydrogen (secondary N) is 3. The van der Waals surface area contributed by atoms with Gasteiger partial charge in [-0.15, -0.1) is 0 Å². The minimum atomic E-state index is -0.0136. The van der Waals surface area contributed by atoms with Gasteiger partial charge in [0.1, 0.15) is 0 Å². The molecule has 2 amide bonds. The van der Waals surface area contributed by atoms with Crippen LogP contribution in [-0.4, -0.2) is 24.4 Å². The fraction of sp³-hybridized carbons (Fsp3) is 0.556. The van der Waals surface area contributed by atoms with Gasteiger partial charge in [0.25, 0.3) is 0 Å². The molecule has 1 saturated carbocycles. The highest BCUT2D eigenvalue weighted by Crippen LogP contribution is 2.23. The lowest BCUT2D eigenvalue weighted by Crippen LogP contribution is -2.39. The largest absolute Gasteiger partial charge is 0.376 e. The highest BCUT2D eigenvalue weighted by Gasteiger charge is 2.15. The maximum Gasteiger partial charge on any atom is 0.239 e. The molecule has 0 saturated heterocycles. The van der Waals surface area contributed by atoms with Crippen LogP contribution in [0.1, 0.15) is 51.0 Å². The van der Waals surface area contributed by atoms with Crippen LogP contribution in [-0.2, 0) is 9.59 Å². The van der Waals surface area contributed by atoms with Crippen LogP contribution < -0.4 is 16.0 Å². The average molecular weight is 317 g/mol. The zero-order valence-corrected chi connectivity index (χ0v) is 14.1. The van der Waals surface area contributed by atoms with Gasteiger partial charge in [0, 0.05) is 23.8 Å².